The molecular weight excluding hydrogens is 366 g/mol. The first-order chi connectivity index (χ1) is 12.9. The van der Waals surface area contributed by atoms with Crippen LogP contribution in [-0.4, -0.2) is 86.5 Å². The maximum absolute atomic E-state index is 12.8. The van der Waals surface area contributed by atoms with E-state index in [-0.39, 0.29) is 17.2 Å². The predicted molar refractivity (Wildman–Crippen MR) is 105 cm³/mol. The second-order valence-electron chi connectivity index (χ2n) is 7.85. The summed E-state index contributed by atoms with van der Waals surface area (Å²) in [5, 5.41) is 0.577. The van der Waals surface area contributed by atoms with Crippen LogP contribution in [0.1, 0.15) is 23.2 Å². The third-order valence-electron chi connectivity index (χ3n) is 5.56. The summed E-state index contributed by atoms with van der Waals surface area (Å²) >= 11 is 6.02. The molecule has 2 saturated heterocycles. The summed E-state index contributed by atoms with van der Waals surface area (Å²) in [6.07, 6.45) is 1.76. The summed E-state index contributed by atoms with van der Waals surface area (Å²) in [6, 6.07) is 7.11. The van der Waals surface area contributed by atoms with E-state index in [0.29, 0.717) is 43.4 Å². The van der Waals surface area contributed by atoms with Crippen LogP contribution in [0.25, 0.3) is 0 Å². The largest absolute Gasteiger partial charge is 0.379 e. The van der Waals surface area contributed by atoms with Gasteiger partial charge in [0.25, 0.3) is 5.91 Å². The third-order valence-corrected chi connectivity index (χ3v) is 5.79. The Bertz CT molecular complexity index is 687. The van der Waals surface area contributed by atoms with Crippen LogP contribution in [0.4, 0.5) is 0 Å². The SMILES string of the molecule is CN(C)C(=O)CN1CCOCC2(CCN(C(=O)c3cccc(Cl)c3)CC2)C1. The molecule has 0 saturated carbocycles. The molecule has 0 unspecified atom stereocenters. The van der Waals surface area contributed by atoms with Crippen molar-refractivity contribution in [3.8, 4) is 0 Å². The van der Waals surface area contributed by atoms with Crippen molar-refractivity contribution < 1.29 is 14.3 Å². The third kappa shape index (κ3) is 5.00. The number of likely N-dealkylation sites (tertiary alicyclic amines) is 1. The summed E-state index contributed by atoms with van der Waals surface area (Å²) in [4.78, 5) is 30.6. The standard InChI is InChI=1S/C20H28ClN3O3/c1-22(2)18(25)13-23-10-11-27-15-20(14-23)6-8-24(9-7-20)19(26)16-4-3-5-17(21)12-16/h3-5,12H,6-11,13-15H2,1-2H3. The molecule has 2 aliphatic heterocycles. The zero-order valence-corrected chi connectivity index (χ0v) is 16.9. The monoisotopic (exact) mass is 393 g/mol. The second kappa shape index (κ2) is 8.59. The number of nitrogens with zero attached hydrogens (tertiary/aromatic N) is 3. The Morgan fingerprint density at radius 3 is 2.63 bits per heavy atom. The minimum Gasteiger partial charge on any atom is -0.379 e. The fourth-order valence-electron chi connectivity index (χ4n) is 3.84. The molecule has 148 valence electrons. The number of benzene rings is 1. The van der Waals surface area contributed by atoms with E-state index in [0.717, 1.165) is 25.9 Å². The topological polar surface area (TPSA) is 53.1 Å². The van der Waals surface area contributed by atoms with Crippen LogP contribution in [0.15, 0.2) is 24.3 Å². The van der Waals surface area contributed by atoms with Gasteiger partial charge in [-0.05, 0) is 31.0 Å². The fraction of sp³-hybridized carbons (Fsp3) is 0.600. The van der Waals surface area contributed by atoms with Gasteiger partial charge in [0.2, 0.25) is 5.91 Å². The van der Waals surface area contributed by atoms with Crippen LogP contribution >= 0.6 is 11.6 Å². The lowest BCUT2D eigenvalue weighted by Gasteiger charge is -2.42. The summed E-state index contributed by atoms with van der Waals surface area (Å²) in [5.41, 5.74) is 0.641. The Hall–Kier alpha value is -1.63. The Morgan fingerprint density at radius 1 is 1.22 bits per heavy atom. The molecule has 3 rings (SSSR count). The average molecular weight is 394 g/mol. The number of rotatable bonds is 3. The predicted octanol–water partition coefficient (Wildman–Crippen LogP) is 1.98. The van der Waals surface area contributed by atoms with Gasteiger partial charge < -0.3 is 14.5 Å². The van der Waals surface area contributed by atoms with Gasteiger partial charge in [0.05, 0.1) is 19.8 Å². The van der Waals surface area contributed by atoms with Gasteiger partial charge in [-0.25, -0.2) is 0 Å². The molecule has 0 aromatic heterocycles. The molecule has 27 heavy (non-hydrogen) atoms. The van der Waals surface area contributed by atoms with Crippen molar-refractivity contribution in [2.45, 2.75) is 12.8 Å². The summed E-state index contributed by atoms with van der Waals surface area (Å²) in [6.45, 7) is 4.77. The van der Waals surface area contributed by atoms with Crippen molar-refractivity contribution in [2.24, 2.45) is 5.41 Å². The van der Waals surface area contributed by atoms with Crippen LogP contribution < -0.4 is 0 Å². The number of likely N-dealkylation sites (N-methyl/N-ethyl adjacent to an activating group) is 1. The molecule has 2 heterocycles. The van der Waals surface area contributed by atoms with Crippen LogP contribution in [0.2, 0.25) is 5.02 Å². The smallest absolute Gasteiger partial charge is 0.253 e. The van der Waals surface area contributed by atoms with E-state index in [9.17, 15) is 9.59 Å². The van der Waals surface area contributed by atoms with Crippen molar-refractivity contribution in [1.29, 1.82) is 0 Å². The maximum atomic E-state index is 12.8. The minimum atomic E-state index is 0.00814. The van der Waals surface area contributed by atoms with E-state index in [2.05, 4.69) is 4.90 Å². The molecule has 1 spiro atoms. The van der Waals surface area contributed by atoms with Gasteiger partial charge in [-0.2, -0.15) is 0 Å². The molecule has 0 N–H and O–H groups in total. The van der Waals surface area contributed by atoms with Crippen LogP contribution in [-0.2, 0) is 9.53 Å². The zero-order chi connectivity index (χ0) is 19.4. The highest BCUT2D eigenvalue weighted by Crippen LogP contribution is 2.35. The van der Waals surface area contributed by atoms with Crippen LogP contribution in [0, 0.1) is 5.41 Å². The molecule has 0 bridgehead atoms. The Labute approximate surface area is 166 Å². The van der Waals surface area contributed by atoms with Gasteiger partial charge in [0.1, 0.15) is 0 Å². The van der Waals surface area contributed by atoms with Crippen molar-refractivity contribution in [2.75, 3.05) is 60.0 Å². The molecule has 1 aromatic rings. The van der Waals surface area contributed by atoms with E-state index in [1.165, 1.54) is 0 Å². The van der Waals surface area contributed by atoms with E-state index in [4.69, 9.17) is 16.3 Å². The number of hydrogen-bond acceptors (Lipinski definition) is 4. The highest BCUT2D eigenvalue weighted by Gasteiger charge is 2.39. The van der Waals surface area contributed by atoms with E-state index in [1.807, 2.05) is 11.0 Å². The quantitative estimate of drug-likeness (QED) is 0.788. The molecule has 2 fully saturated rings. The summed E-state index contributed by atoms with van der Waals surface area (Å²) < 4.78 is 5.87. The van der Waals surface area contributed by atoms with Gasteiger partial charge >= 0.3 is 0 Å². The van der Waals surface area contributed by atoms with Crippen molar-refractivity contribution in [3.63, 3.8) is 0 Å². The number of carbonyl (C=O) groups is 2. The highest BCUT2D eigenvalue weighted by atomic mass is 35.5. The molecule has 0 aliphatic carbocycles. The number of ether oxygens (including phenoxy) is 1. The second-order valence-corrected chi connectivity index (χ2v) is 8.29. The molecular formula is C20H28ClN3O3. The molecule has 0 atom stereocenters. The van der Waals surface area contributed by atoms with Gasteiger partial charge in [0.15, 0.2) is 0 Å². The molecule has 0 radical (unpaired) electrons. The number of carbonyl (C=O) groups excluding carboxylic acids is 2. The first kappa shape index (κ1) is 20.1. The van der Waals surface area contributed by atoms with Gasteiger partial charge in [-0.3, -0.25) is 14.5 Å². The maximum Gasteiger partial charge on any atom is 0.253 e. The summed E-state index contributed by atoms with van der Waals surface area (Å²) in [7, 11) is 3.57. The molecule has 2 amide bonds. The van der Waals surface area contributed by atoms with E-state index < -0.39 is 0 Å². The zero-order valence-electron chi connectivity index (χ0n) is 16.1. The number of halogens is 1. The van der Waals surface area contributed by atoms with Crippen molar-refractivity contribution in [3.05, 3.63) is 34.9 Å². The Kier molecular flexibility index (Phi) is 6.40. The number of hydrogen-bond donors (Lipinski definition) is 0. The van der Waals surface area contributed by atoms with Gasteiger partial charge in [-0.15, -0.1) is 0 Å². The average Bonchev–Trinajstić information content (AvgIpc) is 2.84. The van der Waals surface area contributed by atoms with Crippen LogP contribution in [0.3, 0.4) is 0 Å². The molecule has 1 aromatic carbocycles. The highest BCUT2D eigenvalue weighted by molar-refractivity contribution is 6.30. The lowest BCUT2D eigenvalue weighted by molar-refractivity contribution is -0.130. The van der Waals surface area contributed by atoms with Crippen LogP contribution in [0.5, 0.6) is 0 Å². The molecule has 7 heteroatoms. The van der Waals surface area contributed by atoms with Crippen molar-refractivity contribution >= 4 is 23.4 Å². The Balaban J connectivity index is 1.62. The normalized spacial score (nSPS) is 20.3. The molecule has 6 nitrogen and oxygen atoms in total. The lowest BCUT2D eigenvalue weighted by atomic mass is 9.78. The minimum absolute atomic E-state index is 0.00814. The number of amides is 2. The van der Waals surface area contributed by atoms with Gasteiger partial charge in [-0.1, -0.05) is 17.7 Å². The van der Waals surface area contributed by atoms with Gasteiger partial charge in [0, 0.05) is 56.3 Å². The van der Waals surface area contributed by atoms with Crippen molar-refractivity contribution in [1.82, 2.24) is 14.7 Å². The number of piperidine rings is 1. The Morgan fingerprint density at radius 2 is 1.96 bits per heavy atom. The first-order valence-corrected chi connectivity index (χ1v) is 9.81. The summed E-state index contributed by atoms with van der Waals surface area (Å²) in [5.74, 6) is 0.141. The molecule has 2 aliphatic rings. The fourth-order valence-corrected chi connectivity index (χ4v) is 4.03. The first-order valence-electron chi connectivity index (χ1n) is 9.44. The van der Waals surface area contributed by atoms with E-state index in [1.54, 1.807) is 37.2 Å². The van der Waals surface area contributed by atoms with E-state index >= 15 is 0 Å². The lowest BCUT2D eigenvalue weighted by Crippen LogP contribution is -2.50.